The van der Waals surface area contributed by atoms with E-state index in [1.807, 2.05) is 0 Å². The van der Waals surface area contributed by atoms with E-state index in [-0.39, 0.29) is 5.82 Å². The molecule has 0 amide bonds. The number of hydrogen-bond acceptors (Lipinski definition) is 2. The fourth-order valence-corrected chi connectivity index (χ4v) is 2.06. The van der Waals surface area contributed by atoms with Gasteiger partial charge in [-0.2, -0.15) is 0 Å². The molecule has 0 atom stereocenters. The minimum absolute atomic E-state index is 0.312. The van der Waals surface area contributed by atoms with Gasteiger partial charge in [0.05, 0.1) is 4.47 Å². The number of halogens is 2. The summed E-state index contributed by atoms with van der Waals surface area (Å²) in [6, 6.07) is 11.7. The van der Waals surface area contributed by atoms with Crippen LogP contribution in [0.2, 0.25) is 0 Å². The maximum Gasteiger partial charge on any atom is 0.328 e. The van der Waals surface area contributed by atoms with Gasteiger partial charge in [-0.3, -0.25) is 0 Å². The van der Waals surface area contributed by atoms with Crippen molar-refractivity contribution in [3.05, 3.63) is 70.0 Å². The minimum Gasteiger partial charge on any atom is -0.489 e. The molecular formula is C16H12BrFO3. The molecule has 0 heterocycles. The molecular weight excluding hydrogens is 339 g/mol. The van der Waals surface area contributed by atoms with Crippen molar-refractivity contribution in [1.82, 2.24) is 0 Å². The topological polar surface area (TPSA) is 46.5 Å². The van der Waals surface area contributed by atoms with Crippen LogP contribution in [0.5, 0.6) is 5.75 Å². The highest BCUT2D eigenvalue weighted by Gasteiger charge is 2.01. The first-order valence-electron chi connectivity index (χ1n) is 6.12. The molecule has 5 heteroatoms. The summed E-state index contributed by atoms with van der Waals surface area (Å²) in [5, 5.41) is 8.54. The highest BCUT2D eigenvalue weighted by molar-refractivity contribution is 9.10. The molecule has 0 aliphatic heterocycles. The van der Waals surface area contributed by atoms with Gasteiger partial charge in [0.15, 0.2) is 0 Å². The molecule has 0 spiro atoms. The Bertz CT molecular complexity index is 666. The summed E-state index contributed by atoms with van der Waals surface area (Å²) in [4.78, 5) is 10.4. The molecule has 3 nitrogen and oxygen atoms in total. The van der Waals surface area contributed by atoms with Crippen LogP contribution in [0, 0.1) is 5.82 Å². The van der Waals surface area contributed by atoms with Crippen LogP contribution in [0.25, 0.3) is 6.08 Å². The van der Waals surface area contributed by atoms with E-state index in [9.17, 15) is 9.18 Å². The summed E-state index contributed by atoms with van der Waals surface area (Å²) in [5.41, 5.74) is 1.62. The standard InChI is InChI=1S/C16H12BrFO3/c17-14-9-12(3-7-15(14)18)10-21-13-5-1-11(2-6-13)4-8-16(19)20/h1-9H,10H2,(H,19,20). The average molecular weight is 351 g/mol. The van der Waals surface area contributed by atoms with Crippen molar-refractivity contribution < 1.29 is 19.0 Å². The van der Waals surface area contributed by atoms with E-state index in [0.717, 1.165) is 17.2 Å². The summed E-state index contributed by atoms with van der Waals surface area (Å²) in [7, 11) is 0. The molecule has 21 heavy (non-hydrogen) atoms. The minimum atomic E-state index is -0.989. The van der Waals surface area contributed by atoms with Crippen LogP contribution in [-0.4, -0.2) is 11.1 Å². The molecule has 0 bridgehead atoms. The number of benzene rings is 2. The van der Waals surface area contributed by atoms with Crippen LogP contribution in [0.1, 0.15) is 11.1 Å². The fourth-order valence-electron chi connectivity index (χ4n) is 1.64. The van der Waals surface area contributed by atoms with Crippen molar-refractivity contribution in [2.75, 3.05) is 0 Å². The predicted molar refractivity (Wildman–Crippen MR) is 81.5 cm³/mol. The van der Waals surface area contributed by atoms with Gasteiger partial charge >= 0.3 is 5.97 Å². The molecule has 0 aliphatic carbocycles. The van der Waals surface area contributed by atoms with E-state index in [2.05, 4.69) is 15.9 Å². The zero-order chi connectivity index (χ0) is 15.2. The molecule has 1 N–H and O–H groups in total. The molecule has 0 radical (unpaired) electrons. The lowest BCUT2D eigenvalue weighted by Gasteiger charge is -2.07. The second-order valence-electron chi connectivity index (χ2n) is 4.28. The van der Waals surface area contributed by atoms with Crippen LogP contribution in [-0.2, 0) is 11.4 Å². The Morgan fingerprint density at radius 2 is 1.95 bits per heavy atom. The van der Waals surface area contributed by atoms with Gasteiger partial charge in [0.1, 0.15) is 18.2 Å². The molecule has 108 valence electrons. The lowest BCUT2D eigenvalue weighted by atomic mass is 10.2. The van der Waals surface area contributed by atoms with Gasteiger partial charge in [0.2, 0.25) is 0 Å². The molecule has 0 saturated heterocycles. The average Bonchev–Trinajstić information content (AvgIpc) is 2.47. The van der Waals surface area contributed by atoms with E-state index in [4.69, 9.17) is 9.84 Å². The molecule has 0 saturated carbocycles. The zero-order valence-electron chi connectivity index (χ0n) is 10.9. The van der Waals surface area contributed by atoms with Crippen LogP contribution in [0.4, 0.5) is 4.39 Å². The number of rotatable bonds is 5. The van der Waals surface area contributed by atoms with E-state index in [0.29, 0.717) is 16.8 Å². The first-order valence-corrected chi connectivity index (χ1v) is 6.92. The van der Waals surface area contributed by atoms with Crippen molar-refractivity contribution in [3.63, 3.8) is 0 Å². The third kappa shape index (κ3) is 4.72. The molecule has 0 fully saturated rings. The highest BCUT2D eigenvalue weighted by Crippen LogP contribution is 2.19. The van der Waals surface area contributed by atoms with Crippen molar-refractivity contribution in [2.24, 2.45) is 0 Å². The van der Waals surface area contributed by atoms with E-state index >= 15 is 0 Å². The highest BCUT2D eigenvalue weighted by atomic mass is 79.9. The maximum atomic E-state index is 13.1. The number of carbonyl (C=O) groups is 1. The van der Waals surface area contributed by atoms with Crippen molar-refractivity contribution in [2.45, 2.75) is 6.61 Å². The Morgan fingerprint density at radius 1 is 1.24 bits per heavy atom. The summed E-state index contributed by atoms with van der Waals surface area (Å²) in [6.07, 6.45) is 2.58. The Labute approximate surface area is 129 Å². The Hall–Kier alpha value is -2.14. The van der Waals surface area contributed by atoms with E-state index in [1.54, 1.807) is 36.4 Å². The largest absolute Gasteiger partial charge is 0.489 e. The number of aliphatic carboxylic acids is 1. The molecule has 2 aromatic carbocycles. The number of carboxylic acids is 1. The Balaban J connectivity index is 1.97. The molecule has 2 aromatic rings. The first kappa shape index (κ1) is 15.3. The third-order valence-corrected chi connectivity index (χ3v) is 3.30. The second-order valence-corrected chi connectivity index (χ2v) is 5.13. The van der Waals surface area contributed by atoms with Gasteiger partial charge in [-0.15, -0.1) is 0 Å². The van der Waals surface area contributed by atoms with Gasteiger partial charge in [0, 0.05) is 6.08 Å². The van der Waals surface area contributed by atoms with Crippen LogP contribution < -0.4 is 4.74 Å². The maximum absolute atomic E-state index is 13.1. The molecule has 2 rings (SSSR count). The van der Waals surface area contributed by atoms with Crippen LogP contribution in [0.3, 0.4) is 0 Å². The molecule has 0 unspecified atom stereocenters. The third-order valence-electron chi connectivity index (χ3n) is 2.69. The molecule has 0 aromatic heterocycles. The van der Waals surface area contributed by atoms with Crippen LogP contribution in [0.15, 0.2) is 53.0 Å². The van der Waals surface area contributed by atoms with Crippen LogP contribution >= 0.6 is 15.9 Å². The SMILES string of the molecule is O=C(O)C=Cc1ccc(OCc2ccc(F)c(Br)c2)cc1. The quantitative estimate of drug-likeness (QED) is 0.819. The monoisotopic (exact) mass is 350 g/mol. The number of hydrogen-bond donors (Lipinski definition) is 1. The van der Waals surface area contributed by atoms with Gasteiger partial charge < -0.3 is 9.84 Å². The number of carboxylic acid groups (broad SMARTS) is 1. The van der Waals surface area contributed by atoms with Gasteiger partial charge in [0.25, 0.3) is 0 Å². The van der Waals surface area contributed by atoms with Crippen molar-refractivity contribution >= 4 is 28.0 Å². The summed E-state index contributed by atoms with van der Waals surface area (Å²) >= 11 is 3.12. The van der Waals surface area contributed by atoms with Gasteiger partial charge in [-0.05, 0) is 57.4 Å². The lowest BCUT2D eigenvalue weighted by Crippen LogP contribution is -1.96. The smallest absolute Gasteiger partial charge is 0.328 e. The summed E-state index contributed by atoms with van der Waals surface area (Å²) < 4.78 is 19.1. The fraction of sp³-hybridized carbons (Fsp3) is 0.0625. The summed E-state index contributed by atoms with van der Waals surface area (Å²) in [6.45, 7) is 0.323. The van der Waals surface area contributed by atoms with Gasteiger partial charge in [-0.1, -0.05) is 18.2 Å². The van der Waals surface area contributed by atoms with E-state index in [1.165, 1.54) is 12.1 Å². The summed E-state index contributed by atoms with van der Waals surface area (Å²) in [5.74, 6) is -0.645. The van der Waals surface area contributed by atoms with Crippen molar-refractivity contribution in [3.8, 4) is 5.75 Å². The van der Waals surface area contributed by atoms with E-state index < -0.39 is 5.97 Å². The normalized spacial score (nSPS) is 10.8. The number of ether oxygens (including phenoxy) is 1. The second kappa shape index (κ2) is 7.04. The lowest BCUT2D eigenvalue weighted by molar-refractivity contribution is -0.131. The Kier molecular flexibility index (Phi) is 5.11. The Morgan fingerprint density at radius 3 is 2.57 bits per heavy atom. The van der Waals surface area contributed by atoms with Crippen molar-refractivity contribution in [1.29, 1.82) is 0 Å². The van der Waals surface area contributed by atoms with Gasteiger partial charge in [-0.25, -0.2) is 9.18 Å². The predicted octanol–water partition coefficient (Wildman–Crippen LogP) is 4.27. The molecule has 0 aliphatic rings. The zero-order valence-corrected chi connectivity index (χ0v) is 12.5. The first-order chi connectivity index (χ1) is 10.0.